The minimum absolute atomic E-state index is 0.293. The molecule has 5 heteroatoms. The number of benzene rings is 4. The fourth-order valence-corrected chi connectivity index (χ4v) is 3.56. The summed E-state index contributed by atoms with van der Waals surface area (Å²) < 4.78 is 0. The number of rotatable bonds is 7. The number of carbonyl (C=O) groups is 3. The Balaban J connectivity index is 1.50. The van der Waals surface area contributed by atoms with Gasteiger partial charge in [0, 0.05) is 5.56 Å². The van der Waals surface area contributed by atoms with Crippen LogP contribution in [0.2, 0.25) is 0 Å². The molecule has 2 N–H and O–H groups in total. The highest BCUT2D eigenvalue weighted by Crippen LogP contribution is 2.19. The molecule has 0 bridgehead atoms. The summed E-state index contributed by atoms with van der Waals surface area (Å²) in [6, 6.07) is 28.8. The molecule has 4 aromatic carbocycles. The van der Waals surface area contributed by atoms with Crippen molar-refractivity contribution < 1.29 is 14.4 Å². The lowest BCUT2D eigenvalue weighted by molar-refractivity contribution is -0.109. The van der Waals surface area contributed by atoms with Crippen LogP contribution in [0.5, 0.6) is 0 Å². The average Bonchev–Trinajstić information content (AvgIpc) is 2.84. The number of fused-ring (bicyclic) bond motifs is 1. The number of anilines is 1. The van der Waals surface area contributed by atoms with Crippen molar-refractivity contribution in [1.29, 1.82) is 0 Å². The van der Waals surface area contributed by atoms with E-state index in [1.165, 1.54) is 0 Å². The summed E-state index contributed by atoms with van der Waals surface area (Å²) in [5.74, 6) is -0.736. The maximum absolute atomic E-state index is 12.9. The highest BCUT2D eigenvalue weighted by atomic mass is 16.2. The molecule has 0 saturated heterocycles. The first-order chi connectivity index (χ1) is 15.6. The Bertz CT molecular complexity index is 1270. The van der Waals surface area contributed by atoms with Crippen LogP contribution in [0.1, 0.15) is 26.3 Å². The third-order valence-corrected chi connectivity index (χ3v) is 5.21. The van der Waals surface area contributed by atoms with Gasteiger partial charge in [-0.15, -0.1) is 0 Å². The Hall–Kier alpha value is -4.25. The number of amides is 2. The topological polar surface area (TPSA) is 75.3 Å². The molecule has 158 valence electrons. The summed E-state index contributed by atoms with van der Waals surface area (Å²) in [5.41, 5.74) is 2.12. The Morgan fingerprint density at radius 2 is 1.44 bits per heavy atom. The van der Waals surface area contributed by atoms with Crippen LogP contribution < -0.4 is 10.6 Å². The fraction of sp³-hybridized carbons (Fsp3) is 0.0741. The number of hydrogen-bond acceptors (Lipinski definition) is 3. The van der Waals surface area contributed by atoms with Crippen molar-refractivity contribution in [2.75, 3.05) is 5.32 Å². The molecule has 0 aliphatic carbocycles. The van der Waals surface area contributed by atoms with Crippen molar-refractivity contribution in [2.45, 2.75) is 12.5 Å². The first kappa shape index (κ1) is 21.0. The molecule has 0 aliphatic heterocycles. The molecular formula is C27H22N2O3. The Morgan fingerprint density at radius 3 is 2.22 bits per heavy atom. The van der Waals surface area contributed by atoms with E-state index in [9.17, 15) is 14.4 Å². The van der Waals surface area contributed by atoms with Gasteiger partial charge in [0.15, 0.2) is 0 Å². The van der Waals surface area contributed by atoms with E-state index in [0.29, 0.717) is 23.2 Å². The second-order valence-electron chi connectivity index (χ2n) is 7.47. The van der Waals surface area contributed by atoms with Crippen LogP contribution in [0, 0.1) is 0 Å². The second-order valence-corrected chi connectivity index (χ2v) is 7.47. The van der Waals surface area contributed by atoms with Crippen LogP contribution in [-0.2, 0) is 11.2 Å². The van der Waals surface area contributed by atoms with E-state index in [0.717, 1.165) is 22.6 Å². The molecule has 0 radical (unpaired) electrons. The molecule has 5 nitrogen and oxygen atoms in total. The summed E-state index contributed by atoms with van der Waals surface area (Å²) >= 11 is 0. The maximum atomic E-state index is 12.9. The molecule has 0 heterocycles. The Kier molecular flexibility index (Phi) is 6.37. The molecule has 0 saturated carbocycles. The van der Waals surface area contributed by atoms with Gasteiger partial charge in [0.1, 0.15) is 6.29 Å². The monoisotopic (exact) mass is 422 g/mol. The van der Waals surface area contributed by atoms with Gasteiger partial charge in [0.05, 0.1) is 17.3 Å². The lowest BCUT2D eigenvalue weighted by atomic mass is 10.1. The summed E-state index contributed by atoms with van der Waals surface area (Å²) in [7, 11) is 0. The zero-order valence-electron chi connectivity index (χ0n) is 17.3. The number of aldehydes is 1. The van der Waals surface area contributed by atoms with Gasteiger partial charge in [-0.3, -0.25) is 9.59 Å². The van der Waals surface area contributed by atoms with Crippen LogP contribution in [0.3, 0.4) is 0 Å². The first-order valence-electron chi connectivity index (χ1n) is 10.3. The van der Waals surface area contributed by atoms with Crippen LogP contribution in [0.15, 0.2) is 97.1 Å². The molecule has 0 spiro atoms. The lowest BCUT2D eigenvalue weighted by Gasteiger charge is -2.15. The Labute approximate surface area is 186 Å². The minimum Gasteiger partial charge on any atom is -0.342 e. The smallest absolute Gasteiger partial charge is 0.255 e. The van der Waals surface area contributed by atoms with E-state index in [4.69, 9.17) is 0 Å². The molecule has 4 rings (SSSR count). The number of nitrogens with one attached hydrogen (secondary N) is 2. The predicted octanol–water partition coefficient (Wildman–Crippen LogP) is 4.63. The van der Waals surface area contributed by atoms with E-state index in [2.05, 4.69) is 10.6 Å². The summed E-state index contributed by atoms with van der Waals surface area (Å²) in [6.07, 6.45) is 1.11. The first-order valence-corrected chi connectivity index (χ1v) is 10.3. The molecule has 4 aromatic rings. The van der Waals surface area contributed by atoms with Gasteiger partial charge < -0.3 is 15.4 Å². The van der Waals surface area contributed by atoms with E-state index in [1.54, 1.807) is 30.3 Å². The second kappa shape index (κ2) is 9.71. The Morgan fingerprint density at radius 1 is 0.750 bits per heavy atom. The molecule has 0 aromatic heterocycles. The van der Waals surface area contributed by atoms with Gasteiger partial charge in [-0.2, -0.15) is 0 Å². The van der Waals surface area contributed by atoms with E-state index < -0.39 is 11.9 Å². The van der Waals surface area contributed by atoms with Gasteiger partial charge in [0.25, 0.3) is 11.8 Å². The van der Waals surface area contributed by atoms with Crippen molar-refractivity contribution in [3.05, 3.63) is 114 Å². The third kappa shape index (κ3) is 4.90. The largest absolute Gasteiger partial charge is 0.342 e. The van der Waals surface area contributed by atoms with Crippen molar-refractivity contribution in [3.8, 4) is 0 Å². The molecule has 32 heavy (non-hydrogen) atoms. The highest BCUT2D eigenvalue weighted by Gasteiger charge is 2.18. The van der Waals surface area contributed by atoms with Crippen molar-refractivity contribution >= 4 is 34.6 Å². The minimum atomic E-state index is -0.672. The van der Waals surface area contributed by atoms with Gasteiger partial charge in [-0.1, -0.05) is 72.8 Å². The number of carbonyl (C=O) groups excluding carboxylic acids is 3. The summed E-state index contributed by atoms with van der Waals surface area (Å²) in [6.45, 7) is 0. The van der Waals surface area contributed by atoms with Crippen molar-refractivity contribution in [1.82, 2.24) is 5.32 Å². The summed E-state index contributed by atoms with van der Waals surface area (Å²) in [4.78, 5) is 37.3. The molecule has 0 unspecified atom stereocenters. The lowest BCUT2D eigenvalue weighted by Crippen LogP contribution is -2.38. The zero-order valence-corrected chi connectivity index (χ0v) is 17.3. The number of hydrogen-bond donors (Lipinski definition) is 2. The third-order valence-electron chi connectivity index (χ3n) is 5.21. The van der Waals surface area contributed by atoms with E-state index in [1.807, 2.05) is 66.7 Å². The highest BCUT2D eigenvalue weighted by molar-refractivity contribution is 6.10. The van der Waals surface area contributed by atoms with E-state index >= 15 is 0 Å². The van der Waals surface area contributed by atoms with Gasteiger partial charge >= 0.3 is 0 Å². The summed E-state index contributed by atoms with van der Waals surface area (Å²) in [5, 5.41) is 7.58. The molecule has 1 atom stereocenters. The normalized spacial score (nSPS) is 11.5. The van der Waals surface area contributed by atoms with Crippen LogP contribution in [0.25, 0.3) is 10.8 Å². The van der Waals surface area contributed by atoms with Crippen LogP contribution >= 0.6 is 0 Å². The zero-order chi connectivity index (χ0) is 22.3. The van der Waals surface area contributed by atoms with Crippen LogP contribution in [-0.4, -0.2) is 24.1 Å². The molecule has 2 amide bonds. The molecule has 0 fully saturated rings. The van der Waals surface area contributed by atoms with E-state index in [-0.39, 0.29) is 5.91 Å². The van der Waals surface area contributed by atoms with Gasteiger partial charge in [-0.05, 0) is 47.0 Å². The fourth-order valence-electron chi connectivity index (χ4n) is 3.56. The van der Waals surface area contributed by atoms with Crippen LogP contribution in [0.4, 0.5) is 5.69 Å². The SMILES string of the molecule is O=C[C@H](Cc1ccccc1)NC(=O)c1ccccc1NC(=O)c1ccc2ccccc2c1. The average molecular weight is 422 g/mol. The van der Waals surface area contributed by atoms with Crippen molar-refractivity contribution in [2.24, 2.45) is 0 Å². The van der Waals surface area contributed by atoms with Crippen molar-refractivity contribution in [3.63, 3.8) is 0 Å². The predicted molar refractivity (Wildman–Crippen MR) is 126 cm³/mol. The molecule has 0 aliphatic rings. The maximum Gasteiger partial charge on any atom is 0.255 e. The quantitative estimate of drug-likeness (QED) is 0.426. The molecular weight excluding hydrogens is 400 g/mol. The van der Waals surface area contributed by atoms with Gasteiger partial charge in [-0.25, -0.2) is 0 Å². The van der Waals surface area contributed by atoms with Gasteiger partial charge in [0.2, 0.25) is 0 Å². The number of para-hydroxylation sites is 1. The standard InChI is InChI=1S/C27H22N2O3/c30-18-23(16-19-8-2-1-3-9-19)28-27(32)24-12-6-7-13-25(24)29-26(31)22-15-14-20-10-4-5-11-21(20)17-22/h1-15,17-18,23H,16H2,(H,28,32)(H,29,31)/t23-/m0/s1.